The van der Waals surface area contributed by atoms with E-state index in [9.17, 15) is 0 Å². The molecule has 2 unspecified atom stereocenters. The molecule has 5 rings (SSSR count). The molecule has 0 N–H and O–H groups in total. The van der Waals surface area contributed by atoms with Crippen LogP contribution in [0.25, 0.3) is 17.0 Å². The smallest absolute Gasteiger partial charge is 0.228 e. The van der Waals surface area contributed by atoms with E-state index in [2.05, 4.69) is 32.3 Å². The van der Waals surface area contributed by atoms with Crippen molar-refractivity contribution < 1.29 is 4.52 Å². The molecule has 0 amide bonds. The van der Waals surface area contributed by atoms with Gasteiger partial charge in [0.1, 0.15) is 0 Å². The molecule has 2 bridgehead atoms. The monoisotopic (exact) mass is 361 g/mol. The van der Waals surface area contributed by atoms with Crippen LogP contribution in [0.2, 0.25) is 0 Å². The minimum atomic E-state index is 0.505. The largest absolute Gasteiger partial charge is 0.339 e. The molecule has 4 heterocycles. The molecule has 2 aliphatic heterocycles. The molecule has 1 aromatic carbocycles. The first-order chi connectivity index (χ1) is 13.3. The fourth-order valence-electron chi connectivity index (χ4n) is 4.43. The zero-order chi connectivity index (χ0) is 18.2. The molecule has 27 heavy (non-hydrogen) atoms. The van der Waals surface area contributed by atoms with Crippen LogP contribution >= 0.6 is 0 Å². The number of hydrogen-bond acceptors (Lipinski definition) is 5. The Morgan fingerprint density at radius 2 is 2.04 bits per heavy atom. The maximum atomic E-state index is 5.48. The third-order valence-corrected chi connectivity index (χ3v) is 5.77. The highest BCUT2D eigenvalue weighted by molar-refractivity contribution is 5.65. The molecule has 0 aliphatic carbocycles. The van der Waals surface area contributed by atoms with E-state index in [1.54, 1.807) is 0 Å². The van der Waals surface area contributed by atoms with Crippen molar-refractivity contribution in [3.05, 3.63) is 60.3 Å². The Morgan fingerprint density at radius 1 is 1.15 bits per heavy atom. The summed E-state index contributed by atoms with van der Waals surface area (Å²) in [7, 11) is 2.02. The first-order valence-electron chi connectivity index (χ1n) is 9.61. The van der Waals surface area contributed by atoms with E-state index in [1.165, 1.54) is 24.1 Å². The topological polar surface area (TPSA) is 60.0 Å². The zero-order valence-electron chi connectivity index (χ0n) is 15.5. The standard InChI is InChI=1S/C21H23N5O/c1-25-19(9-11-22-25)16-13-17-7-8-18(14-16)26(17)12-10-20-23-21(24-27-20)15-5-3-2-4-6-15/h2-6,9,11,13,17-18H,7-8,10,12,14H2,1H3. The SMILES string of the molecule is Cn1nccc1C1=CC2CCC(C1)N2CCc1nc(-c2ccccc2)no1. The van der Waals surface area contributed by atoms with Crippen LogP contribution in [0.4, 0.5) is 0 Å². The van der Waals surface area contributed by atoms with Gasteiger partial charge >= 0.3 is 0 Å². The predicted molar refractivity (Wildman–Crippen MR) is 103 cm³/mol. The van der Waals surface area contributed by atoms with Gasteiger partial charge in [0.15, 0.2) is 0 Å². The first kappa shape index (κ1) is 16.4. The lowest BCUT2D eigenvalue weighted by Gasteiger charge is -2.33. The van der Waals surface area contributed by atoms with Gasteiger partial charge in [0.2, 0.25) is 11.7 Å². The Kier molecular flexibility index (Phi) is 4.13. The van der Waals surface area contributed by atoms with Gasteiger partial charge in [-0.25, -0.2) is 0 Å². The number of rotatable bonds is 5. The maximum Gasteiger partial charge on any atom is 0.228 e. The Morgan fingerprint density at radius 3 is 2.81 bits per heavy atom. The fraction of sp³-hybridized carbons (Fsp3) is 0.381. The summed E-state index contributed by atoms with van der Waals surface area (Å²) in [6.45, 7) is 0.959. The Balaban J connectivity index is 1.27. The zero-order valence-corrected chi connectivity index (χ0v) is 15.5. The van der Waals surface area contributed by atoms with Gasteiger partial charge in [-0.1, -0.05) is 41.6 Å². The Hall–Kier alpha value is -2.73. The molecule has 1 fully saturated rings. The van der Waals surface area contributed by atoms with Crippen molar-refractivity contribution in [2.45, 2.75) is 37.8 Å². The van der Waals surface area contributed by atoms with Crippen molar-refractivity contribution in [2.24, 2.45) is 7.05 Å². The minimum Gasteiger partial charge on any atom is -0.339 e. The summed E-state index contributed by atoms with van der Waals surface area (Å²) in [5.74, 6) is 1.39. The van der Waals surface area contributed by atoms with Crippen molar-refractivity contribution in [3.8, 4) is 11.4 Å². The highest BCUT2D eigenvalue weighted by atomic mass is 16.5. The average Bonchev–Trinajstić information content (AvgIpc) is 3.39. The van der Waals surface area contributed by atoms with Crippen LogP contribution in [0, 0.1) is 0 Å². The minimum absolute atomic E-state index is 0.505. The molecule has 0 radical (unpaired) electrons. The molecule has 3 aromatic rings. The highest BCUT2D eigenvalue weighted by Crippen LogP contribution is 2.38. The van der Waals surface area contributed by atoms with E-state index in [4.69, 9.17) is 4.52 Å². The number of aromatic nitrogens is 4. The van der Waals surface area contributed by atoms with E-state index in [1.807, 2.05) is 48.3 Å². The van der Waals surface area contributed by atoms with E-state index >= 15 is 0 Å². The van der Waals surface area contributed by atoms with Crippen LogP contribution in [0.15, 0.2) is 53.2 Å². The maximum absolute atomic E-state index is 5.48. The van der Waals surface area contributed by atoms with Crippen molar-refractivity contribution in [1.82, 2.24) is 24.8 Å². The van der Waals surface area contributed by atoms with E-state index in [0.29, 0.717) is 17.9 Å². The second-order valence-electron chi connectivity index (χ2n) is 7.40. The van der Waals surface area contributed by atoms with Gasteiger partial charge in [-0.3, -0.25) is 9.58 Å². The summed E-state index contributed by atoms with van der Waals surface area (Å²) in [5.41, 5.74) is 3.67. The number of fused-ring (bicyclic) bond motifs is 2. The normalized spacial score (nSPS) is 22.2. The van der Waals surface area contributed by atoms with Crippen molar-refractivity contribution >= 4 is 5.57 Å². The van der Waals surface area contributed by atoms with Gasteiger partial charge in [0.05, 0.1) is 5.69 Å². The summed E-state index contributed by atoms with van der Waals surface area (Å²) in [4.78, 5) is 7.17. The molecule has 0 spiro atoms. The second kappa shape index (κ2) is 6.78. The highest BCUT2D eigenvalue weighted by Gasteiger charge is 2.37. The van der Waals surface area contributed by atoms with Gasteiger partial charge < -0.3 is 4.52 Å². The molecular formula is C21H23N5O. The van der Waals surface area contributed by atoms with Gasteiger partial charge in [-0.2, -0.15) is 10.1 Å². The molecule has 2 aromatic heterocycles. The van der Waals surface area contributed by atoms with Crippen LogP contribution in [0.1, 0.15) is 30.8 Å². The lowest BCUT2D eigenvalue weighted by molar-refractivity contribution is 0.207. The summed E-state index contributed by atoms with van der Waals surface area (Å²) in [6, 6.07) is 13.2. The van der Waals surface area contributed by atoms with Crippen LogP contribution in [0.5, 0.6) is 0 Å². The third kappa shape index (κ3) is 3.10. The van der Waals surface area contributed by atoms with E-state index in [-0.39, 0.29) is 0 Å². The Labute approximate surface area is 158 Å². The molecule has 2 atom stereocenters. The van der Waals surface area contributed by atoms with Crippen molar-refractivity contribution in [1.29, 1.82) is 0 Å². The second-order valence-corrected chi connectivity index (χ2v) is 7.40. The van der Waals surface area contributed by atoms with Gasteiger partial charge in [0.25, 0.3) is 0 Å². The summed E-state index contributed by atoms with van der Waals surface area (Å²) < 4.78 is 7.46. The quantitative estimate of drug-likeness (QED) is 0.698. The molecule has 0 saturated carbocycles. The molecule has 1 saturated heterocycles. The van der Waals surface area contributed by atoms with Gasteiger partial charge in [0, 0.05) is 43.9 Å². The Bertz CT molecular complexity index is 958. The predicted octanol–water partition coefficient (Wildman–Crippen LogP) is 3.33. The number of nitrogens with zero attached hydrogens (tertiary/aromatic N) is 5. The van der Waals surface area contributed by atoms with E-state index in [0.717, 1.165) is 30.8 Å². The third-order valence-electron chi connectivity index (χ3n) is 5.77. The van der Waals surface area contributed by atoms with Crippen LogP contribution < -0.4 is 0 Å². The number of hydrogen-bond donors (Lipinski definition) is 0. The summed E-state index contributed by atoms with van der Waals surface area (Å²) >= 11 is 0. The fourth-order valence-corrected chi connectivity index (χ4v) is 4.43. The number of benzene rings is 1. The summed E-state index contributed by atoms with van der Waals surface area (Å²) in [5, 5.41) is 8.45. The van der Waals surface area contributed by atoms with Crippen LogP contribution in [0.3, 0.4) is 0 Å². The lowest BCUT2D eigenvalue weighted by atomic mass is 9.98. The van der Waals surface area contributed by atoms with Gasteiger partial charge in [-0.05, 0) is 30.9 Å². The van der Waals surface area contributed by atoms with Crippen molar-refractivity contribution in [3.63, 3.8) is 0 Å². The molecule has 138 valence electrons. The van der Waals surface area contributed by atoms with Crippen molar-refractivity contribution in [2.75, 3.05) is 6.54 Å². The number of aryl methyl sites for hydroxylation is 1. The molecular weight excluding hydrogens is 338 g/mol. The van der Waals surface area contributed by atoms with Crippen LogP contribution in [-0.4, -0.2) is 43.4 Å². The first-order valence-corrected chi connectivity index (χ1v) is 9.61. The molecule has 6 nitrogen and oxygen atoms in total. The lowest BCUT2D eigenvalue weighted by Crippen LogP contribution is -2.39. The summed E-state index contributed by atoms with van der Waals surface area (Å²) in [6.07, 6.45) is 8.68. The van der Waals surface area contributed by atoms with Crippen LogP contribution in [-0.2, 0) is 13.5 Å². The molecule has 2 aliphatic rings. The average molecular weight is 361 g/mol. The molecule has 6 heteroatoms. The van der Waals surface area contributed by atoms with E-state index < -0.39 is 0 Å². The van der Waals surface area contributed by atoms with Gasteiger partial charge in [-0.15, -0.1) is 0 Å².